The maximum absolute atomic E-state index is 11.6. The number of alkyl halides is 1. The van der Waals surface area contributed by atoms with Crippen molar-refractivity contribution in [1.29, 1.82) is 0 Å². The number of carbonyl (C=O) groups excluding carboxylic acids is 2. The number of halogens is 1. The number of hydrogen-bond acceptors (Lipinski definition) is 5. The van der Waals surface area contributed by atoms with Crippen LogP contribution in [-0.4, -0.2) is 29.8 Å². The van der Waals surface area contributed by atoms with Crippen LogP contribution in [0.25, 0.3) is 0 Å². The largest absolute Gasteiger partial charge is 0.464 e. The van der Waals surface area contributed by atoms with Crippen LogP contribution < -0.4 is 5.32 Å². The fourth-order valence-electron chi connectivity index (χ4n) is 1.35. The lowest BCUT2D eigenvalue weighted by molar-refractivity contribution is 0.0588. The molecule has 1 aromatic rings. The third kappa shape index (κ3) is 4.80. The van der Waals surface area contributed by atoms with Crippen LogP contribution >= 0.6 is 15.9 Å². The molecule has 1 N–H and O–H groups in total. The van der Waals surface area contributed by atoms with E-state index in [2.05, 4.69) is 31.0 Å². The molecule has 110 valence electrons. The summed E-state index contributed by atoms with van der Waals surface area (Å²) in [6, 6.07) is 3.27. The average Bonchev–Trinajstić information content (AvgIpc) is 2.35. The molecule has 0 unspecified atom stereocenters. The molecule has 1 aromatic heterocycles. The molecule has 0 saturated heterocycles. The molecule has 1 amide bonds. The van der Waals surface area contributed by atoms with Crippen LogP contribution in [0.15, 0.2) is 12.1 Å². The number of anilines is 1. The van der Waals surface area contributed by atoms with Gasteiger partial charge in [-0.25, -0.2) is 14.6 Å². The molecular weight excluding hydrogens is 328 g/mol. The zero-order valence-electron chi connectivity index (χ0n) is 11.8. The zero-order chi connectivity index (χ0) is 15.3. The molecule has 0 saturated carbocycles. The summed E-state index contributed by atoms with van der Waals surface area (Å²) in [5.74, 6) is -0.336. The molecule has 0 radical (unpaired) electrons. The SMILES string of the molecule is COC(=O)c1nc(NC(=O)OC(C)(C)C)ccc1CBr. The van der Waals surface area contributed by atoms with Gasteiger partial charge in [0, 0.05) is 5.33 Å². The topological polar surface area (TPSA) is 77.5 Å². The van der Waals surface area contributed by atoms with Crippen molar-refractivity contribution in [3.05, 3.63) is 23.4 Å². The van der Waals surface area contributed by atoms with E-state index >= 15 is 0 Å². The monoisotopic (exact) mass is 344 g/mol. The van der Waals surface area contributed by atoms with E-state index in [1.807, 2.05) is 0 Å². The number of carbonyl (C=O) groups is 2. The number of pyridine rings is 1. The van der Waals surface area contributed by atoms with Crippen molar-refractivity contribution in [3.8, 4) is 0 Å². The van der Waals surface area contributed by atoms with Crippen molar-refractivity contribution in [3.63, 3.8) is 0 Å². The fourth-order valence-corrected chi connectivity index (χ4v) is 1.80. The highest BCUT2D eigenvalue weighted by Gasteiger charge is 2.18. The van der Waals surface area contributed by atoms with E-state index in [4.69, 9.17) is 4.74 Å². The molecule has 0 aromatic carbocycles. The van der Waals surface area contributed by atoms with E-state index in [1.54, 1.807) is 32.9 Å². The summed E-state index contributed by atoms with van der Waals surface area (Å²) in [5, 5.41) is 2.93. The second-order valence-electron chi connectivity index (χ2n) is 4.96. The first-order valence-corrected chi connectivity index (χ1v) is 7.03. The summed E-state index contributed by atoms with van der Waals surface area (Å²) in [4.78, 5) is 27.3. The smallest absolute Gasteiger partial charge is 0.413 e. The van der Waals surface area contributed by atoms with Crippen LogP contribution in [-0.2, 0) is 14.8 Å². The van der Waals surface area contributed by atoms with E-state index < -0.39 is 17.7 Å². The molecule has 7 heteroatoms. The summed E-state index contributed by atoms with van der Waals surface area (Å²) < 4.78 is 9.76. The van der Waals surface area contributed by atoms with Gasteiger partial charge in [0.15, 0.2) is 5.69 Å². The summed E-state index contributed by atoms with van der Waals surface area (Å²) in [7, 11) is 1.27. The van der Waals surface area contributed by atoms with Crippen molar-refractivity contribution in [2.75, 3.05) is 12.4 Å². The van der Waals surface area contributed by atoms with E-state index in [0.717, 1.165) is 0 Å². The molecule has 0 aliphatic carbocycles. The maximum atomic E-state index is 11.6. The van der Waals surface area contributed by atoms with Crippen molar-refractivity contribution in [2.24, 2.45) is 0 Å². The molecule has 0 fully saturated rings. The van der Waals surface area contributed by atoms with Crippen LogP contribution in [0.5, 0.6) is 0 Å². The van der Waals surface area contributed by atoms with Crippen LogP contribution in [0.1, 0.15) is 36.8 Å². The second kappa shape index (κ2) is 6.69. The van der Waals surface area contributed by atoms with Gasteiger partial charge >= 0.3 is 12.1 Å². The van der Waals surface area contributed by atoms with E-state index in [-0.39, 0.29) is 11.5 Å². The number of aromatic nitrogens is 1. The number of nitrogens with zero attached hydrogens (tertiary/aromatic N) is 1. The fraction of sp³-hybridized carbons (Fsp3) is 0.462. The Kier molecular flexibility index (Phi) is 5.50. The normalized spacial score (nSPS) is 10.8. The average molecular weight is 345 g/mol. The van der Waals surface area contributed by atoms with Crippen LogP contribution in [0.3, 0.4) is 0 Å². The Morgan fingerprint density at radius 1 is 1.35 bits per heavy atom. The maximum Gasteiger partial charge on any atom is 0.413 e. The lowest BCUT2D eigenvalue weighted by atomic mass is 10.2. The standard InChI is InChI=1S/C13H17BrN2O4/c1-13(2,3)20-12(18)16-9-6-5-8(7-14)10(15-9)11(17)19-4/h5-6H,7H2,1-4H3,(H,15,16,18). The number of nitrogens with one attached hydrogen (secondary N) is 1. The highest BCUT2D eigenvalue weighted by atomic mass is 79.9. The summed E-state index contributed by atoms with van der Waals surface area (Å²) in [6.07, 6.45) is -0.632. The van der Waals surface area contributed by atoms with Gasteiger partial charge in [-0.1, -0.05) is 22.0 Å². The quantitative estimate of drug-likeness (QED) is 0.673. The summed E-state index contributed by atoms with van der Waals surface area (Å²) in [5.41, 5.74) is 0.218. The molecule has 0 aliphatic rings. The van der Waals surface area contributed by atoms with E-state index in [9.17, 15) is 9.59 Å². The minimum absolute atomic E-state index is 0.151. The molecule has 0 atom stereocenters. The Hall–Kier alpha value is -1.63. The Bertz CT molecular complexity index is 512. The number of amides is 1. The Labute approximate surface area is 126 Å². The minimum atomic E-state index is -0.632. The van der Waals surface area contributed by atoms with Crippen molar-refractivity contribution in [2.45, 2.75) is 31.7 Å². The Morgan fingerprint density at radius 2 is 2.00 bits per heavy atom. The van der Waals surface area contributed by atoms with Gasteiger partial charge in [0.05, 0.1) is 7.11 Å². The van der Waals surface area contributed by atoms with Gasteiger partial charge in [0.1, 0.15) is 11.4 Å². The third-order valence-electron chi connectivity index (χ3n) is 2.13. The summed E-state index contributed by atoms with van der Waals surface area (Å²) >= 11 is 3.26. The molecule has 0 aliphatic heterocycles. The second-order valence-corrected chi connectivity index (χ2v) is 5.52. The first-order valence-electron chi connectivity index (χ1n) is 5.91. The van der Waals surface area contributed by atoms with Gasteiger partial charge in [-0.2, -0.15) is 0 Å². The van der Waals surface area contributed by atoms with Crippen molar-refractivity contribution >= 4 is 33.8 Å². The number of hydrogen-bond donors (Lipinski definition) is 1. The molecule has 20 heavy (non-hydrogen) atoms. The number of esters is 1. The number of rotatable bonds is 3. The molecule has 0 bridgehead atoms. The first-order chi connectivity index (χ1) is 9.26. The van der Waals surface area contributed by atoms with Gasteiger partial charge in [0.25, 0.3) is 0 Å². The van der Waals surface area contributed by atoms with E-state index in [0.29, 0.717) is 10.9 Å². The molecule has 6 nitrogen and oxygen atoms in total. The summed E-state index contributed by atoms with van der Waals surface area (Å²) in [6.45, 7) is 5.27. The van der Waals surface area contributed by atoms with Gasteiger partial charge in [-0.3, -0.25) is 5.32 Å². The Morgan fingerprint density at radius 3 is 2.50 bits per heavy atom. The highest BCUT2D eigenvalue weighted by molar-refractivity contribution is 9.08. The van der Waals surface area contributed by atoms with Gasteiger partial charge in [0.2, 0.25) is 0 Å². The Balaban J connectivity index is 2.92. The molecule has 1 heterocycles. The molecular formula is C13H17BrN2O4. The van der Waals surface area contributed by atoms with Crippen LogP contribution in [0.4, 0.5) is 10.6 Å². The zero-order valence-corrected chi connectivity index (χ0v) is 13.4. The third-order valence-corrected chi connectivity index (χ3v) is 2.73. The van der Waals surface area contributed by atoms with Gasteiger partial charge in [-0.05, 0) is 32.4 Å². The van der Waals surface area contributed by atoms with Crippen molar-refractivity contribution < 1.29 is 19.1 Å². The number of methoxy groups -OCH3 is 1. The van der Waals surface area contributed by atoms with Gasteiger partial charge < -0.3 is 9.47 Å². The first kappa shape index (κ1) is 16.4. The lowest BCUT2D eigenvalue weighted by Crippen LogP contribution is -2.27. The highest BCUT2D eigenvalue weighted by Crippen LogP contribution is 2.16. The molecule has 1 rings (SSSR count). The van der Waals surface area contributed by atoms with Crippen molar-refractivity contribution in [1.82, 2.24) is 4.98 Å². The van der Waals surface area contributed by atoms with Gasteiger partial charge in [-0.15, -0.1) is 0 Å². The van der Waals surface area contributed by atoms with Crippen LogP contribution in [0.2, 0.25) is 0 Å². The molecule has 0 spiro atoms. The minimum Gasteiger partial charge on any atom is -0.464 e. The predicted octanol–water partition coefficient (Wildman–Crippen LogP) is 3.11. The van der Waals surface area contributed by atoms with Crippen LogP contribution in [0, 0.1) is 0 Å². The number of ether oxygens (including phenoxy) is 2. The van der Waals surface area contributed by atoms with E-state index in [1.165, 1.54) is 7.11 Å². The lowest BCUT2D eigenvalue weighted by Gasteiger charge is -2.19. The predicted molar refractivity (Wildman–Crippen MR) is 78.1 cm³/mol.